The summed E-state index contributed by atoms with van der Waals surface area (Å²) in [6.07, 6.45) is -5.34. The molecule has 0 fully saturated rings. The fourth-order valence-electron chi connectivity index (χ4n) is 2.51. The van der Waals surface area contributed by atoms with E-state index in [0.717, 1.165) is 0 Å². The van der Waals surface area contributed by atoms with Crippen molar-refractivity contribution in [2.24, 2.45) is 0 Å². The summed E-state index contributed by atoms with van der Waals surface area (Å²) in [5, 5.41) is 31.4. The summed E-state index contributed by atoms with van der Waals surface area (Å²) < 4.78 is 64.2. The maximum atomic E-state index is 13.0. The number of nitrogens with one attached hydrogen (secondary N) is 2. The van der Waals surface area contributed by atoms with E-state index in [9.17, 15) is 32.0 Å². The van der Waals surface area contributed by atoms with E-state index in [1.165, 1.54) is 26.2 Å². The highest BCUT2D eigenvalue weighted by Crippen LogP contribution is 2.33. The third-order valence-electron chi connectivity index (χ3n) is 4.47. The van der Waals surface area contributed by atoms with E-state index in [0.29, 0.717) is 11.6 Å². The molecule has 31 heavy (non-hydrogen) atoms. The van der Waals surface area contributed by atoms with Gasteiger partial charge in [-0.2, -0.15) is 18.4 Å². The standard InChI is InChI=1S/C18H21F3N6O3S/c1-5-31(29,30)12-6-10(17(2,3)9-22)8-24-14(12)16(28)25-11-7-13(18(19,20)21)26-27-15(11)23-4/h6-8,16,28H,5H2,1-4H3,(H,23,27)(H,25,26). The molecule has 0 saturated heterocycles. The van der Waals surface area contributed by atoms with Gasteiger partial charge in [0, 0.05) is 13.2 Å². The normalized spacial score (nSPS) is 13.4. The predicted molar refractivity (Wildman–Crippen MR) is 106 cm³/mol. The number of hydrogen-bond acceptors (Lipinski definition) is 9. The minimum Gasteiger partial charge on any atom is -0.370 e. The molecule has 0 saturated carbocycles. The number of anilines is 2. The van der Waals surface area contributed by atoms with Crippen LogP contribution in [0.3, 0.4) is 0 Å². The monoisotopic (exact) mass is 458 g/mol. The van der Waals surface area contributed by atoms with E-state index in [1.54, 1.807) is 13.8 Å². The number of rotatable bonds is 7. The third kappa shape index (κ3) is 5.20. The van der Waals surface area contributed by atoms with Crippen molar-refractivity contribution in [3.8, 4) is 6.07 Å². The smallest absolute Gasteiger partial charge is 0.370 e. The molecule has 0 aliphatic carbocycles. The summed E-state index contributed by atoms with van der Waals surface area (Å²) in [5.41, 5.74) is -2.65. The number of nitriles is 1. The number of alkyl halides is 3. The number of hydrogen-bond donors (Lipinski definition) is 3. The van der Waals surface area contributed by atoms with Crippen LogP contribution in [0.5, 0.6) is 0 Å². The van der Waals surface area contributed by atoms with Gasteiger partial charge in [0.15, 0.2) is 27.6 Å². The minimum absolute atomic E-state index is 0.103. The first-order chi connectivity index (χ1) is 14.3. The van der Waals surface area contributed by atoms with E-state index < -0.39 is 33.4 Å². The number of aliphatic hydroxyl groups is 1. The zero-order chi connectivity index (χ0) is 23.6. The van der Waals surface area contributed by atoms with Gasteiger partial charge in [0.1, 0.15) is 5.69 Å². The lowest BCUT2D eigenvalue weighted by Crippen LogP contribution is -2.22. The fourth-order valence-corrected chi connectivity index (χ4v) is 3.61. The average molecular weight is 458 g/mol. The highest BCUT2D eigenvalue weighted by molar-refractivity contribution is 7.91. The van der Waals surface area contributed by atoms with Crippen LogP contribution in [0.25, 0.3) is 0 Å². The van der Waals surface area contributed by atoms with Crippen LogP contribution in [0, 0.1) is 11.3 Å². The molecule has 0 radical (unpaired) electrons. The summed E-state index contributed by atoms with van der Waals surface area (Å²) in [6, 6.07) is 3.90. The van der Waals surface area contributed by atoms with Crippen molar-refractivity contribution in [3.05, 3.63) is 35.3 Å². The highest BCUT2D eigenvalue weighted by Gasteiger charge is 2.34. The first-order valence-electron chi connectivity index (χ1n) is 8.98. The molecule has 0 aliphatic heterocycles. The molecule has 9 nitrogen and oxygen atoms in total. The van der Waals surface area contributed by atoms with Crippen LogP contribution in [0.2, 0.25) is 0 Å². The van der Waals surface area contributed by atoms with Crippen molar-refractivity contribution >= 4 is 21.3 Å². The van der Waals surface area contributed by atoms with Crippen LogP contribution >= 0.6 is 0 Å². The molecule has 0 aliphatic rings. The van der Waals surface area contributed by atoms with Crippen LogP contribution in [0.15, 0.2) is 23.2 Å². The lowest BCUT2D eigenvalue weighted by Gasteiger charge is -2.21. The van der Waals surface area contributed by atoms with Crippen LogP contribution in [0.4, 0.5) is 24.7 Å². The molecule has 0 aromatic carbocycles. The van der Waals surface area contributed by atoms with E-state index in [4.69, 9.17) is 0 Å². The largest absolute Gasteiger partial charge is 0.435 e. The molecular weight excluding hydrogens is 437 g/mol. The zero-order valence-electron chi connectivity index (χ0n) is 17.1. The van der Waals surface area contributed by atoms with Gasteiger partial charge in [-0.15, -0.1) is 10.2 Å². The number of aromatic nitrogens is 3. The maximum Gasteiger partial charge on any atom is 0.435 e. The Morgan fingerprint density at radius 2 is 1.90 bits per heavy atom. The third-order valence-corrected chi connectivity index (χ3v) is 6.23. The fraction of sp³-hybridized carbons (Fsp3) is 0.444. The van der Waals surface area contributed by atoms with Crippen LogP contribution in [-0.2, 0) is 21.4 Å². The summed E-state index contributed by atoms with van der Waals surface area (Å²) in [5.74, 6) is -0.420. The summed E-state index contributed by atoms with van der Waals surface area (Å²) in [6.45, 7) is 4.53. The van der Waals surface area contributed by atoms with Gasteiger partial charge < -0.3 is 15.7 Å². The second kappa shape index (κ2) is 8.64. The molecule has 13 heteroatoms. The molecule has 0 spiro atoms. The molecule has 3 N–H and O–H groups in total. The van der Waals surface area contributed by atoms with E-state index in [-0.39, 0.29) is 27.8 Å². The van der Waals surface area contributed by atoms with E-state index in [2.05, 4.69) is 25.8 Å². The second-order valence-corrected chi connectivity index (χ2v) is 9.28. The van der Waals surface area contributed by atoms with Crippen LogP contribution in [0.1, 0.15) is 44.0 Å². The molecule has 1 atom stereocenters. The van der Waals surface area contributed by atoms with Gasteiger partial charge in [-0.1, -0.05) is 6.92 Å². The van der Waals surface area contributed by atoms with Crippen LogP contribution < -0.4 is 10.6 Å². The van der Waals surface area contributed by atoms with Gasteiger partial charge in [-0.05, 0) is 31.5 Å². The Morgan fingerprint density at radius 3 is 2.42 bits per heavy atom. The second-order valence-electron chi connectivity index (χ2n) is 7.03. The Morgan fingerprint density at radius 1 is 1.26 bits per heavy atom. The summed E-state index contributed by atoms with van der Waals surface area (Å²) >= 11 is 0. The van der Waals surface area contributed by atoms with Gasteiger partial charge in [-0.3, -0.25) is 4.98 Å². The molecule has 2 rings (SSSR count). The Hall–Kier alpha value is -2.98. The van der Waals surface area contributed by atoms with E-state index in [1.807, 2.05) is 6.07 Å². The van der Waals surface area contributed by atoms with Gasteiger partial charge >= 0.3 is 6.18 Å². The topological polar surface area (TPSA) is 141 Å². The Balaban J connectivity index is 2.58. The van der Waals surface area contributed by atoms with Crippen molar-refractivity contribution in [3.63, 3.8) is 0 Å². The Labute approximate surface area is 177 Å². The molecule has 2 aromatic heterocycles. The first-order valence-corrected chi connectivity index (χ1v) is 10.6. The Bertz CT molecular complexity index is 1110. The SMILES string of the molecule is CCS(=O)(=O)c1cc(C(C)(C)C#N)cnc1C(O)Nc1cc(C(F)(F)F)nnc1NC. The Kier molecular flexibility index (Phi) is 6.77. The van der Waals surface area contributed by atoms with Gasteiger partial charge in [0.05, 0.1) is 27.8 Å². The van der Waals surface area contributed by atoms with Crippen molar-refractivity contribution in [2.75, 3.05) is 23.4 Å². The molecule has 2 aromatic rings. The number of aliphatic hydroxyl groups excluding tert-OH is 1. The number of nitrogens with zero attached hydrogens (tertiary/aromatic N) is 4. The quantitative estimate of drug-likeness (QED) is 0.534. The lowest BCUT2D eigenvalue weighted by atomic mass is 9.87. The minimum atomic E-state index is -4.78. The maximum absolute atomic E-state index is 13.0. The van der Waals surface area contributed by atoms with E-state index >= 15 is 0 Å². The number of pyridine rings is 1. The molecular formula is C18H21F3N6O3S. The van der Waals surface area contributed by atoms with Crippen molar-refractivity contribution < 1.29 is 26.7 Å². The van der Waals surface area contributed by atoms with Crippen LogP contribution in [-0.4, -0.2) is 41.5 Å². The lowest BCUT2D eigenvalue weighted by molar-refractivity contribution is -0.141. The molecule has 1 unspecified atom stereocenters. The molecule has 168 valence electrons. The van der Waals surface area contributed by atoms with Crippen molar-refractivity contribution in [1.29, 1.82) is 5.26 Å². The molecule has 2 heterocycles. The average Bonchev–Trinajstić information content (AvgIpc) is 2.72. The zero-order valence-corrected chi connectivity index (χ0v) is 17.9. The summed E-state index contributed by atoms with van der Waals surface area (Å²) in [7, 11) is -2.51. The molecule has 0 bridgehead atoms. The van der Waals surface area contributed by atoms with Gasteiger partial charge in [-0.25, -0.2) is 8.42 Å². The van der Waals surface area contributed by atoms with Crippen molar-refractivity contribution in [2.45, 2.75) is 43.5 Å². The predicted octanol–water partition coefficient (Wildman–Crippen LogP) is 2.63. The number of halogens is 3. The van der Waals surface area contributed by atoms with Gasteiger partial charge in [0.2, 0.25) is 0 Å². The first kappa shape index (κ1) is 24.3. The molecule has 0 amide bonds. The summed E-state index contributed by atoms with van der Waals surface area (Å²) in [4.78, 5) is 3.68. The van der Waals surface area contributed by atoms with Crippen molar-refractivity contribution in [1.82, 2.24) is 15.2 Å². The van der Waals surface area contributed by atoms with Gasteiger partial charge in [0.25, 0.3) is 0 Å². The number of sulfone groups is 1. The highest BCUT2D eigenvalue weighted by atomic mass is 32.2.